The Morgan fingerprint density at radius 3 is 2.41 bits per heavy atom. The minimum atomic E-state index is -3.74. The van der Waals surface area contributed by atoms with Crippen molar-refractivity contribution >= 4 is 39.3 Å². The lowest BCUT2D eigenvalue weighted by molar-refractivity contribution is -0.125. The molecule has 0 atom stereocenters. The van der Waals surface area contributed by atoms with Crippen LogP contribution >= 0.6 is 11.3 Å². The largest absolute Gasteiger partial charge is 0.354 e. The normalized spacial score (nSPS) is 11.4. The summed E-state index contributed by atoms with van der Waals surface area (Å²) in [5, 5.41) is 8.02. The van der Waals surface area contributed by atoms with Gasteiger partial charge in [0.25, 0.3) is 0 Å². The summed E-state index contributed by atoms with van der Waals surface area (Å²) in [6, 6.07) is 12.9. The molecule has 0 aliphatic rings. The van der Waals surface area contributed by atoms with Crippen LogP contribution in [0.15, 0.2) is 53.3 Å². The maximum Gasteiger partial charge on any atom is 0.239 e. The van der Waals surface area contributed by atoms with E-state index in [2.05, 4.69) is 15.4 Å². The van der Waals surface area contributed by atoms with Crippen LogP contribution in [-0.4, -0.2) is 39.9 Å². The summed E-state index contributed by atoms with van der Waals surface area (Å²) < 4.78 is 25.8. The highest BCUT2D eigenvalue weighted by molar-refractivity contribution is 7.92. The first-order valence-corrected chi connectivity index (χ1v) is 10.7. The predicted molar refractivity (Wildman–Crippen MR) is 106 cm³/mol. The van der Waals surface area contributed by atoms with Gasteiger partial charge in [0.15, 0.2) is 0 Å². The molecule has 0 saturated heterocycles. The van der Waals surface area contributed by atoms with Crippen molar-refractivity contribution in [1.82, 2.24) is 15.4 Å². The SMILES string of the molecule is O=C(CNC(=O)CNS(=O)(=O)C=Cc1ccccc1)NCCc1cccs1. The highest BCUT2D eigenvalue weighted by atomic mass is 32.2. The van der Waals surface area contributed by atoms with Gasteiger partial charge in [0.2, 0.25) is 21.8 Å². The number of carbonyl (C=O) groups is 2. The zero-order valence-corrected chi connectivity index (χ0v) is 16.2. The number of sulfonamides is 1. The summed E-state index contributed by atoms with van der Waals surface area (Å²) in [6.45, 7) is -0.166. The number of benzene rings is 1. The standard InChI is InChI=1S/C18H21N3O4S2/c22-17(19-10-8-16-7-4-11-26-16)13-20-18(23)14-21-27(24,25)12-9-15-5-2-1-3-6-15/h1-7,9,11-12,21H,8,10,13-14H2,(H,19,22)(H,20,23). The molecule has 3 N–H and O–H groups in total. The maximum absolute atomic E-state index is 11.8. The first-order valence-electron chi connectivity index (χ1n) is 8.23. The molecule has 1 heterocycles. The molecule has 27 heavy (non-hydrogen) atoms. The first kappa shape index (κ1) is 20.8. The quantitative estimate of drug-likeness (QED) is 0.549. The molecule has 0 aliphatic heterocycles. The fourth-order valence-electron chi connectivity index (χ4n) is 2.03. The van der Waals surface area contributed by atoms with Crippen LogP contribution in [-0.2, 0) is 26.0 Å². The lowest BCUT2D eigenvalue weighted by atomic mass is 10.2. The lowest BCUT2D eigenvalue weighted by Crippen LogP contribution is -2.42. The van der Waals surface area contributed by atoms with Crippen LogP contribution in [0, 0.1) is 0 Å². The fraction of sp³-hybridized carbons (Fsp3) is 0.222. The van der Waals surface area contributed by atoms with Crippen LogP contribution in [0.5, 0.6) is 0 Å². The van der Waals surface area contributed by atoms with E-state index in [-0.39, 0.29) is 12.5 Å². The number of hydrogen-bond acceptors (Lipinski definition) is 5. The fourth-order valence-corrected chi connectivity index (χ4v) is 3.50. The van der Waals surface area contributed by atoms with Gasteiger partial charge in [-0.15, -0.1) is 11.3 Å². The Labute approximate surface area is 162 Å². The summed E-state index contributed by atoms with van der Waals surface area (Å²) in [4.78, 5) is 24.5. The van der Waals surface area contributed by atoms with Gasteiger partial charge in [0, 0.05) is 16.8 Å². The number of amides is 2. The topological polar surface area (TPSA) is 104 Å². The van der Waals surface area contributed by atoms with Gasteiger partial charge >= 0.3 is 0 Å². The Hall–Kier alpha value is -2.49. The minimum Gasteiger partial charge on any atom is -0.354 e. The van der Waals surface area contributed by atoms with Crippen molar-refractivity contribution in [3.05, 3.63) is 63.7 Å². The van der Waals surface area contributed by atoms with Crippen molar-refractivity contribution in [3.8, 4) is 0 Å². The van der Waals surface area contributed by atoms with Gasteiger partial charge in [-0.2, -0.15) is 0 Å². The molecule has 2 amide bonds. The molecule has 0 radical (unpaired) electrons. The van der Waals surface area contributed by atoms with E-state index in [1.54, 1.807) is 35.6 Å². The van der Waals surface area contributed by atoms with E-state index in [1.165, 1.54) is 6.08 Å². The molecule has 0 unspecified atom stereocenters. The van der Waals surface area contributed by atoms with Gasteiger partial charge in [0.05, 0.1) is 13.1 Å². The molecular weight excluding hydrogens is 386 g/mol. The first-order chi connectivity index (χ1) is 12.9. The van der Waals surface area contributed by atoms with Crippen molar-refractivity contribution in [2.24, 2.45) is 0 Å². The van der Waals surface area contributed by atoms with Crippen molar-refractivity contribution in [1.29, 1.82) is 0 Å². The Balaban J connectivity index is 1.64. The summed E-state index contributed by atoms with van der Waals surface area (Å²) in [5.41, 5.74) is 0.728. The van der Waals surface area contributed by atoms with Gasteiger partial charge in [-0.3, -0.25) is 9.59 Å². The zero-order valence-electron chi connectivity index (χ0n) is 14.6. The molecular formula is C18H21N3O4S2. The average molecular weight is 408 g/mol. The number of carbonyl (C=O) groups excluding carboxylic acids is 2. The Bertz CT molecular complexity index is 863. The smallest absolute Gasteiger partial charge is 0.239 e. The monoisotopic (exact) mass is 407 g/mol. The molecule has 7 nitrogen and oxygen atoms in total. The van der Waals surface area contributed by atoms with Gasteiger partial charge < -0.3 is 10.6 Å². The molecule has 0 spiro atoms. The minimum absolute atomic E-state index is 0.204. The third-order valence-electron chi connectivity index (χ3n) is 3.39. The maximum atomic E-state index is 11.8. The highest BCUT2D eigenvalue weighted by Gasteiger charge is 2.10. The van der Waals surface area contributed by atoms with Crippen LogP contribution in [0.2, 0.25) is 0 Å². The second kappa shape index (κ2) is 10.6. The molecule has 0 aliphatic carbocycles. The van der Waals surface area contributed by atoms with Gasteiger partial charge in [0.1, 0.15) is 0 Å². The van der Waals surface area contributed by atoms with E-state index in [0.29, 0.717) is 6.54 Å². The van der Waals surface area contributed by atoms with E-state index >= 15 is 0 Å². The van der Waals surface area contributed by atoms with Crippen LogP contribution in [0.4, 0.5) is 0 Å². The zero-order chi connectivity index (χ0) is 19.5. The third kappa shape index (κ3) is 8.63. The number of hydrogen-bond donors (Lipinski definition) is 3. The van der Waals surface area contributed by atoms with Crippen molar-refractivity contribution < 1.29 is 18.0 Å². The molecule has 1 aromatic heterocycles. The van der Waals surface area contributed by atoms with Crippen LogP contribution in [0.25, 0.3) is 6.08 Å². The molecule has 9 heteroatoms. The highest BCUT2D eigenvalue weighted by Crippen LogP contribution is 2.07. The molecule has 0 fully saturated rings. The molecule has 2 aromatic rings. The average Bonchev–Trinajstić information content (AvgIpc) is 3.18. The summed E-state index contributed by atoms with van der Waals surface area (Å²) in [6.07, 6.45) is 2.16. The van der Waals surface area contributed by atoms with E-state index in [0.717, 1.165) is 22.3 Å². The summed E-state index contributed by atoms with van der Waals surface area (Å²) in [5.74, 6) is -0.910. The van der Waals surface area contributed by atoms with E-state index in [9.17, 15) is 18.0 Å². The van der Waals surface area contributed by atoms with E-state index in [1.807, 2.05) is 23.6 Å². The van der Waals surface area contributed by atoms with Crippen LogP contribution in [0.3, 0.4) is 0 Å². The van der Waals surface area contributed by atoms with Crippen LogP contribution < -0.4 is 15.4 Å². The molecule has 0 saturated carbocycles. The Morgan fingerprint density at radius 2 is 1.70 bits per heavy atom. The summed E-state index contributed by atoms with van der Waals surface area (Å²) in [7, 11) is -3.74. The van der Waals surface area contributed by atoms with E-state index < -0.39 is 22.5 Å². The molecule has 0 bridgehead atoms. The molecule has 144 valence electrons. The van der Waals surface area contributed by atoms with Gasteiger partial charge in [-0.1, -0.05) is 36.4 Å². The lowest BCUT2D eigenvalue weighted by Gasteiger charge is -2.07. The van der Waals surface area contributed by atoms with Gasteiger partial charge in [-0.05, 0) is 29.5 Å². The van der Waals surface area contributed by atoms with Crippen molar-refractivity contribution in [2.75, 3.05) is 19.6 Å². The van der Waals surface area contributed by atoms with Crippen molar-refractivity contribution in [2.45, 2.75) is 6.42 Å². The number of thiophene rings is 1. The van der Waals surface area contributed by atoms with Crippen LogP contribution in [0.1, 0.15) is 10.4 Å². The third-order valence-corrected chi connectivity index (χ3v) is 5.37. The van der Waals surface area contributed by atoms with Crippen molar-refractivity contribution in [3.63, 3.8) is 0 Å². The Morgan fingerprint density at radius 1 is 0.963 bits per heavy atom. The summed E-state index contributed by atoms with van der Waals surface area (Å²) >= 11 is 1.61. The second-order valence-corrected chi connectivity index (χ2v) is 8.22. The number of nitrogens with one attached hydrogen (secondary N) is 3. The number of rotatable bonds is 10. The van der Waals surface area contributed by atoms with E-state index in [4.69, 9.17) is 0 Å². The molecule has 1 aromatic carbocycles. The molecule has 2 rings (SSSR count). The predicted octanol–water partition coefficient (Wildman–Crippen LogP) is 1.11. The second-order valence-electron chi connectivity index (χ2n) is 5.54. The Kier molecular flexibility index (Phi) is 8.18. The van der Waals surface area contributed by atoms with Gasteiger partial charge in [-0.25, -0.2) is 13.1 Å².